The molecule has 1 saturated carbocycles. The van der Waals surface area contributed by atoms with Gasteiger partial charge in [0.05, 0.1) is 0 Å². The van der Waals surface area contributed by atoms with Gasteiger partial charge in [-0.2, -0.15) is 0 Å². The fourth-order valence-electron chi connectivity index (χ4n) is 6.17. The standard InChI is InChI=1S/C35H40N2O2/c1-2-3-25-35(26-7-5-4-6-8-26,27-9-17-31(18-10-27)38-33-21-13-29(36)14-22-33)28-11-19-32(20-12-28)39-34-23-15-30(37)16-24-34/h9-24,26H,2-8,25,36-37H2,1H3. The zero-order chi connectivity index (χ0) is 27.1. The van der Waals surface area contributed by atoms with Crippen molar-refractivity contribution in [1.82, 2.24) is 0 Å². The highest BCUT2D eigenvalue weighted by atomic mass is 16.5. The number of benzene rings is 4. The molecule has 0 heterocycles. The highest BCUT2D eigenvalue weighted by molar-refractivity contribution is 5.48. The first kappa shape index (κ1) is 26.7. The number of anilines is 2. The maximum absolute atomic E-state index is 6.13. The molecule has 4 aromatic carbocycles. The van der Waals surface area contributed by atoms with Crippen LogP contribution in [0.15, 0.2) is 97.1 Å². The van der Waals surface area contributed by atoms with E-state index in [4.69, 9.17) is 20.9 Å². The van der Waals surface area contributed by atoms with Crippen molar-refractivity contribution >= 4 is 11.4 Å². The number of rotatable bonds is 10. The summed E-state index contributed by atoms with van der Waals surface area (Å²) in [5, 5.41) is 0. The van der Waals surface area contributed by atoms with E-state index in [1.165, 1.54) is 56.1 Å². The van der Waals surface area contributed by atoms with Crippen molar-refractivity contribution in [2.75, 3.05) is 11.5 Å². The molecule has 0 aromatic heterocycles. The largest absolute Gasteiger partial charge is 0.457 e. The minimum Gasteiger partial charge on any atom is -0.457 e. The molecule has 0 amide bonds. The maximum Gasteiger partial charge on any atom is 0.127 e. The molecule has 5 rings (SSSR count). The molecule has 202 valence electrons. The normalized spacial score (nSPS) is 14.2. The minimum absolute atomic E-state index is 0.0457. The van der Waals surface area contributed by atoms with E-state index in [0.717, 1.165) is 40.8 Å². The summed E-state index contributed by atoms with van der Waals surface area (Å²) in [7, 11) is 0. The van der Waals surface area contributed by atoms with Crippen molar-refractivity contribution in [1.29, 1.82) is 0 Å². The first-order valence-electron chi connectivity index (χ1n) is 14.3. The first-order chi connectivity index (χ1) is 19.1. The second-order valence-electron chi connectivity index (χ2n) is 10.8. The van der Waals surface area contributed by atoms with Crippen LogP contribution in [0.25, 0.3) is 0 Å². The third-order valence-electron chi connectivity index (χ3n) is 8.20. The van der Waals surface area contributed by atoms with E-state index in [9.17, 15) is 0 Å². The second kappa shape index (κ2) is 12.3. The lowest BCUT2D eigenvalue weighted by molar-refractivity contribution is 0.221. The van der Waals surface area contributed by atoms with Crippen molar-refractivity contribution in [2.45, 2.75) is 63.7 Å². The summed E-state index contributed by atoms with van der Waals surface area (Å²) in [4.78, 5) is 0. The van der Waals surface area contributed by atoms with Crippen molar-refractivity contribution in [3.63, 3.8) is 0 Å². The number of nitrogens with two attached hydrogens (primary N) is 2. The second-order valence-corrected chi connectivity index (χ2v) is 10.8. The topological polar surface area (TPSA) is 70.5 Å². The van der Waals surface area contributed by atoms with E-state index >= 15 is 0 Å². The summed E-state index contributed by atoms with van der Waals surface area (Å²) in [5.74, 6) is 3.86. The van der Waals surface area contributed by atoms with E-state index in [1.807, 2.05) is 48.5 Å². The lowest BCUT2D eigenvalue weighted by Gasteiger charge is -2.44. The van der Waals surface area contributed by atoms with E-state index < -0.39 is 0 Å². The SMILES string of the molecule is CCCCC(c1ccc(Oc2ccc(N)cc2)cc1)(c1ccc(Oc2ccc(N)cc2)cc1)C1CCCCC1. The van der Waals surface area contributed by atoms with Gasteiger partial charge in [-0.1, -0.05) is 63.3 Å². The summed E-state index contributed by atoms with van der Waals surface area (Å²) in [6.07, 6.45) is 9.95. The minimum atomic E-state index is -0.0457. The Morgan fingerprint density at radius 3 is 1.36 bits per heavy atom. The molecule has 4 aromatic rings. The van der Waals surface area contributed by atoms with Gasteiger partial charge in [-0.3, -0.25) is 0 Å². The summed E-state index contributed by atoms with van der Waals surface area (Å²) in [6, 6.07) is 32.7. The summed E-state index contributed by atoms with van der Waals surface area (Å²) < 4.78 is 12.3. The molecule has 0 aliphatic heterocycles. The zero-order valence-electron chi connectivity index (χ0n) is 22.9. The molecule has 39 heavy (non-hydrogen) atoms. The molecule has 0 unspecified atom stereocenters. The van der Waals surface area contributed by atoms with Gasteiger partial charge >= 0.3 is 0 Å². The monoisotopic (exact) mass is 520 g/mol. The number of ether oxygens (including phenoxy) is 2. The fraction of sp³-hybridized carbons (Fsp3) is 0.314. The Bertz CT molecular complexity index is 1220. The quantitative estimate of drug-likeness (QED) is 0.204. The van der Waals surface area contributed by atoms with Gasteiger partial charge in [0.2, 0.25) is 0 Å². The van der Waals surface area contributed by atoms with Gasteiger partial charge < -0.3 is 20.9 Å². The van der Waals surface area contributed by atoms with Crippen molar-refractivity contribution in [3.05, 3.63) is 108 Å². The van der Waals surface area contributed by atoms with E-state index in [1.54, 1.807) is 0 Å². The van der Waals surface area contributed by atoms with Crippen LogP contribution in [0.2, 0.25) is 0 Å². The van der Waals surface area contributed by atoms with Gasteiger partial charge in [-0.25, -0.2) is 0 Å². The Kier molecular flexibility index (Phi) is 8.41. The Labute approximate surface area is 233 Å². The number of unbranched alkanes of at least 4 members (excludes halogenated alkanes) is 1. The van der Waals surface area contributed by atoms with Crippen LogP contribution >= 0.6 is 0 Å². The third kappa shape index (κ3) is 6.22. The molecule has 0 atom stereocenters. The molecule has 4 nitrogen and oxygen atoms in total. The van der Waals surface area contributed by atoms with Crippen LogP contribution in [0.1, 0.15) is 69.4 Å². The highest BCUT2D eigenvalue weighted by Gasteiger charge is 2.41. The van der Waals surface area contributed by atoms with Crippen LogP contribution in [0, 0.1) is 5.92 Å². The molecule has 0 radical (unpaired) electrons. The van der Waals surface area contributed by atoms with Crippen LogP contribution < -0.4 is 20.9 Å². The molecule has 1 aliphatic rings. The van der Waals surface area contributed by atoms with E-state index in [0.29, 0.717) is 5.92 Å². The Morgan fingerprint density at radius 2 is 0.974 bits per heavy atom. The fourth-order valence-corrected chi connectivity index (χ4v) is 6.17. The molecule has 1 aliphatic carbocycles. The average molecular weight is 521 g/mol. The zero-order valence-corrected chi connectivity index (χ0v) is 22.9. The predicted octanol–water partition coefficient (Wildman–Crippen LogP) is 9.49. The molecule has 4 N–H and O–H groups in total. The van der Waals surface area contributed by atoms with Crippen molar-refractivity contribution < 1.29 is 9.47 Å². The highest BCUT2D eigenvalue weighted by Crippen LogP contribution is 2.50. The van der Waals surface area contributed by atoms with Gasteiger partial charge in [0.1, 0.15) is 23.0 Å². The van der Waals surface area contributed by atoms with Gasteiger partial charge in [0, 0.05) is 16.8 Å². The average Bonchev–Trinajstić information content (AvgIpc) is 2.98. The van der Waals surface area contributed by atoms with E-state index in [-0.39, 0.29) is 5.41 Å². The van der Waals surface area contributed by atoms with Crippen LogP contribution in [-0.2, 0) is 5.41 Å². The van der Waals surface area contributed by atoms with Gasteiger partial charge in [0.25, 0.3) is 0 Å². The van der Waals surface area contributed by atoms with E-state index in [2.05, 4.69) is 55.5 Å². The number of hydrogen-bond acceptors (Lipinski definition) is 4. The first-order valence-corrected chi connectivity index (χ1v) is 14.3. The molecule has 0 bridgehead atoms. The lowest BCUT2D eigenvalue weighted by atomic mass is 9.59. The van der Waals surface area contributed by atoms with Crippen LogP contribution in [0.4, 0.5) is 11.4 Å². The lowest BCUT2D eigenvalue weighted by Crippen LogP contribution is -2.38. The molecule has 0 saturated heterocycles. The smallest absolute Gasteiger partial charge is 0.127 e. The Hall–Kier alpha value is -3.92. The Morgan fingerprint density at radius 1 is 0.590 bits per heavy atom. The van der Waals surface area contributed by atoms with Crippen LogP contribution in [0.3, 0.4) is 0 Å². The maximum atomic E-state index is 6.13. The van der Waals surface area contributed by atoms with Crippen molar-refractivity contribution in [3.8, 4) is 23.0 Å². The van der Waals surface area contributed by atoms with Crippen LogP contribution in [0.5, 0.6) is 23.0 Å². The molecular formula is C35H40N2O2. The molecule has 1 fully saturated rings. The number of hydrogen-bond donors (Lipinski definition) is 2. The molecular weight excluding hydrogens is 480 g/mol. The summed E-state index contributed by atoms with van der Waals surface area (Å²) in [6.45, 7) is 2.29. The van der Waals surface area contributed by atoms with Crippen molar-refractivity contribution in [2.24, 2.45) is 5.92 Å². The summed E-state index contributed by atoms with van der Waals surface area (Å²) >= 11 is 0. The predicted molar refractivity (Wildman–Crippen MR) is 162 cm³/mol. The molecule has 0 spiro atoms. The van der Waals surface area contributed by atoms with Gasteiger partial charge in [-0.15, -0.1) is 0 Å². The Balaban J connectivity index is 1.48. The van der Waals surface area contributed by atoms with Crippen LogP contribution in [-0.4, -0.2) is 0 Å². The third-order valence-corrected chi connectivity index (χ3v) is 8.20. The van der Waals surface area contributed by atoms with Gasteiger partial charge in [0.15, 0.2) is 0 Å². The molecule has 4 heteroatoms. The summed E-state index contributed by atoms with van der Waals surface area (Å²) in [5.41, 5.74) is 15.8. The van der Waals surface area contributed by atoms with Gasteiger partial charge in [-0.05, 0) is 109 Å². The number of nitrogen functional groups attached to an aromatic ring is 2.